The molecule has 0 aliphatic rings. The third-order valence-corrected chi connectivity index (χ3v) is 4.77. The molecule has 0 aliphatic heterocycles. The number of ether oxygens (including phenoxy) is 1. The van der Waals surface area contributed by atoms with Gasteiger partial charge in [-0.15, -0.1) is 0 Å². The maximum absolute atomic E-state index is 11.1. The first kappa shape index (κ1) is 18.2. The van der Waals surface area contributed by atoms with Gasteiger partial charge in [0.2, 0.25) is 0 Å². The number of thioether (sulfide) groups is 2. The van der Waals surface area contributed by atoms with Crippen LogP contribution in [0.15, 0.2) is 52.3 Å². The first-order valence-electron chi connectivity index (χ1n) is 7.09. The molecule has 5 nitrogen and oxygen atoms in total. The van der Waals surface area contributed by atoms with Gasteiger partial charge >= 0.3 is 10.6 Å². The number of benzene rings is 2. The van der Waals surface area contributed by atoms with Gasteiger partial charge < -0.3 is 14.9 Å². The minimum atomic E-state index is -1.13. The van der Waals surface area contributed by atoms with Crippen LogP contribution in [-0.2, 0) is 0 Å². The Morgan fingerprint density at radius 2 is 1.58 bits per heavy atom. The Bertz CT molecular complexity index is 741. The van der Waals surface area contributed by atoms with Gasteiger partial charge in [-0.05, 0) is 59.3 Å². The minimum absolute atomic E-state index is 0.269. The zero-order chi connectivity index (χ0) is 17.7. The van der Waals surface area contributed by atoms with E-state index in [0.717, 1.165) is 5.56 Å². The molecular formula is C17H16O5S2. The number of carboxylic acid groups (broad SMARTS) is 2. The molecule has 0 spiro atoms. The lowest BCUT2D eigenvalue weighted by atomic mass is 10.0. The number of hydrogen-bond acceptors (Lipinski definition) is 5. The van der Waals surface area contributed by atoms with Crippen LogP contribution in [0, 0.1) is 0 Å². The molecule has 2 rings (SSSR count). The summed E-state index contributed by atoms with van der Waals surface area (Å²) in [6, 6.07) is 12.3. The summed E-state index contributed by atoms with van der Waals surface area (Å²) in [7, 11) is 0. The summed E-state index contributed by atoms with van der Waals surface area (Å²) < 4.78 is 5.78. The topological polar surface area (TPSA) is 83.8 Å². The third kappa shape index (κ3) is 4.94. The Balaban J connectivity index is 2.34. The van der Waals surface area contributed by atoms with E-state index >= 15 is 0 Å². The predicted molar refractivity (Wildman–Crippen MR) is 94.8 cm³/mol. The van der Waals surface area contributed by atoms with Crippen molar-refractivity contribution in [1.29, 1.82) is 0 Å². The molecule has 0 unspecified atom stereocenters. The average Bonchev–Trinajstić information content (AvgIpc) is 2.50. The highest BCUT2D eigenvalue weighted by Crippen LogP contribution is 2.40. The van der Waals surface area contributed by atoms with Gasteiger partial charge in [-0.3, -0.25) is 0 Å². The van der Waals surface area contributed by atoms with Crippen molar-refractivity contribution >= 4 is 34.1 Å². The second kappa shape index (κ2) is 8.12. The molecule has 2 aromatic rings. The molecule has 0 fully saturated rings. The first-order chi connectivity index (χ1) is 11.4. The molecule has 0 radical (unpaired) electrons. The standard InChI is InChI=1S/C17H16O5S2/c1-10(2)11-6-8-12(9-7-11)22-13-4-3-5-14(23-16(18)19)15(13)24-17(20)21/h3-10H,1-2H3,(H,18,19)(H,20,21). The monoisotopic (exact) mass is 364 g/mol. The average molecular weight is 364 g/mol. The summed E-state index contributed by atoms with van der Waals surface area (Å²) in [5, 5.41) is 15.8. The molecule has 0 heterocycles. The zero-order valence-electron chi connectivity index (χ0n) is 13.1. The van der Waals surface area contributed by atoms with Gasteiger partial charge in [0.15, 0.2) is 0 Å². The van der Waals surface area contributed by atoms with Crippen molar-refractivity contribution in [2.75, 3.05) is 0 Å². The van der Waals surface area contributed by atoms with E-state index in [2.05, 4.69) is 13.8 Å². The lowest BCUT2D eigenvalue weighted by molar-refractivity contribution is 0.221. The summed E-state index contributed by atoms with van der Waals surface area (Å²) in [5.41, 5.74) is 1.16. The molecule has 2 N–H and O–H groups in total. The first-order valence-corrected chi connectivity index (χ1v) is 8.72. The maximum Gasteiger partial charge on any atom is 0.369 e. The van der Waals surface area contributed by atoms with E-state index in [-0.39, 0.29) is 4.90 Å². The van der Waals surface area contributed by atoms with Crippen molar-refractivity contribution in [3.05, 3.63) is 48.0 Å². The fourth-order valence-corrected chi connectivity index (χ4v) is 3.32. The molecule has 0 saturated heterocycles. The van der Waals surface area contributed by atoms with Gasteiger partial charge in [0, 0.05) is 4.90 Å². The van der Waals surface area contributed by atoms with Gasteiger partial charge in [-0.2, -0.15) is 0 Å². The van der Waals surface area contributed by atoms with Gasteiger partial charge in [-0.1, -0.05) is 32.0 Å². The van der Waals surface area contributed by atoms with Crippen LogP contribution in [0.1, 0.15) is 25.3 Å². The zero-order valence-corrected chi connectivity index (χ0v) is 14.7. The highest BCUT2D eigenvalue weighted by Gasteiger charge is 2.17. The Labute approximate surface area is 148 Å². The van der Waals surface area contributed by atoms with E-state index < -0.39 is 10.6 Å². The van der Waals surface area contributed by atoms with Crippen molar-refractivity contribution < 1.29 is 24.5 Å². The molecule has 0 amide bonds. The molecule has 0 aromatic heterocycles. The second-order valence-corrected chi connectivity index (χ2v) is 7.10. The van der Waals surface area contributed by atoms with E-state index in [0.29, 0.717) is 45.8 Å². The molecule has 2 aromatic carbocycles. The van der Waals surface area contributed by atoms with Crippen LogP contribution >= 0.6 is 23.5 Å². The summed E-state index contributed by atoms with van der Waals surface area (Å²) in [5.74, 6) is 1.27. The predicted octanol–water partition coefficient (Wildman–Crippen LogP) is 6.14. The molecule has 126 valence electrons. The van der Waals surface area contributed by atoms with Crippen LogP contribution < -0.4 is 4.74 Å². The molecule has 7 heteroatoms. The third-order valence-electron chi connectivity index (χ3n) is 3.10. The summed E-state index contributed by atoms with van der Waals surface area (Å²) >= 11 is 1.08. The summed E-state index contributed by atoms with van der Waals surface area (Å²) in [6.45, 7) is 4.17. The highest BCUT2D eigenvalue weighted by molar-refractivity contribution is 8.16. The van der Waals surface area contributed by atoms with Gasteiger partial charge in [0.05, 0.1) is 4.90 Å². The largest absolute Gasteiger partial charge is 0.473 e. The Kier molecular flexibility index (Phi) is 6.16. The van der Waals surface area contributed by atoms with Crippen LogP contribution in [0.25, 0.3) is 0 Å². The normalized spacial score (nSPS) is 10.6. The van der Waals surface area contributed by atoms with Crippen LogP contribution in [0.2, 0.25) is 0 Å². The van der Waals surface area contributed by atoms with E-state index in [4.69, 9.17) is 14.9 Å². The minimum Gasteiger partial charge on any atom is -0.473 e. The quantitative estimate of drug-likeness (QED) is 0.616. The Morgan fingerprint density at radius 1 is 0.958 bits per heavy atom. The van der Waals surface area contributed by atoms with Gasteiger partial charge in [0.25, 0.3) is 0 Å². The Hall–Kier alpha value is -2.12. The van der Waals surface area contributed by atoms with Crippen LogP contribution in [0.3, 0.4) is 0 Å². The fraction of sp³-hybridized carbons (Fsp3) is 0.176. The van der Waals surface area contributed by atoms with E-state index in [1.54, 1.807) is 18.2 Å². The van der Waals surface area contributed by atoms with Crippen molar-refractivity contribution in [3.8, 4) is 11.5 Å². The number of hydrogen-bond donors (Lipinski definition) is 2. The van der Waals surface area contributed by atoms with Gasteiger partial charge in [0.1, 0.15) is 11.5 Å². The highest BCUT2D eigenvalue weighted by atomic mass is 32.2. The van der Waals surface area contributed by atoms with Crippen LogP contribution in [0.4, 0.5) is 9.59 Å². The fourth-order valence-electron chi connectivity index (χ4n) is 1.99. The van der Waals surface area contributed by atoms with Crippen LogP contribution in [0.5, 0.6) is 11.5 Å². The van der Waals surface area contributed by atoms with Gasteiger partial charge in [-0.25, -0.2) is 9.59 Å². The van der Waals surface area contributed by atoms with E-state index in [1.807, 2.05) is 24.3 Å². The maximum atomic E-state index is 11.1. The number of carbonyl (C=O) groups is 2. The number of rotatable bonds is 5. The van der Waals surface area contributed by atoms with Crippen molar-refractivity contribution in [2.24, 2.45) is 0 Å². The van der Waals surface area contributed by atoms with Crippen LogP contribution in [-0.4, -0.2) is 20.8 Å². The molecule has 0 atom stereocenters. The second-order valence-electron chi connectivity index (χ2n) is 5.15. The lowest BCUT2D eigenvalue weighted by Gasteiger charge is -2.13. The molecule has 0 bridgehead atoms. The van der Waals surface area contributed by atoms with Crippen molar-refractivity contribution in [3.63, 3.8) is 0 Å². The molecule has 0 aliphatic carbocycles. The smallest absolute Gasteiger partial charge is 0.369 e. The van der Waals surface area contributed by atoms with Crippen molar-refractivity contribution in [1.82, 2.24) is 0 Å². The molecule has 0 saturated carbocycles. The lowest BCUT2D eigenvalue weighted by Crippen LogP contribution is -1.94. The SMILES string of the molecule is CC(C)c1ccc(Oc2cccc(SC(=O)O)c2SC(=O)O)cc1. The molecule has 24 heavy (non-hydrogen) atoms. The van der Waals surface area contributed by atoms with E-state index in [1.165, 1.54) is 0 Å². The summed E-state index contributed by atoms with van der Waals surface area (Å²) in [6.07, 6.45) is 0. The summed E-state index contributed by atoms with van der Waals surface area (Å²) in [4.78, 5) is 22.6. The van der Waals surface area contributed by atoms with Crippen molar-refractivity contribution in [2.45, 2.75) is 29.6 Å². The Morgan fingerprint density at radius 3 is 2.12 bits per heavy atom. The molecular weight excluding hydrogens is 348 g/mol. The van der Waals surface area contributed by atoms with E-state index in [9.17, 15) is 9.59 Å².